The van der Waals surface area contributed by atoms with Crippen LogP contribution in [0.25, 0.3) is 11.3 Å². The molecule has 31 heavy (non-hydrogen) atoms. The van der Waals surface area contributed by atoms with Crippen molar-refractivity contribution in [3.63, 3.8) is 0 Å². The molecule has 4 aromatic rings. The Balaban J connectivity index is 1.88. The minimum Gasteiger partial charge on any atom is -0.380 e. The monoisotopic (exact) mass is 403 g/mol. The zero-order valence-electron chi connectivity index (χ0n) is 17.6. The summed E-state index contributed by atoms with van der Waals surface area (Å²) in [7, 11) is 0. The van der Waals surface area contributed by atoms with Crippen LogP contribution in [0.5, 0.6) is 0 Å². The molecule has 152 valence electrons. The van der Waals surface area contributed by atoms with Gasteiger partial charge in [-0.2, -0.15) is 0 Å². The predicted octanol–water partition coefficient (Wildman–Crippen LogP) is 6.54. The second kappa shape index (κ2) is 9.73. The van der Waals surface area contributed by atoms with Crippen LogP contribution in [-0.4, -0.2) is 5.78 Å². The van der Waals surface area contributed by atoms with Crippen molar-refractivity contribution in [2.75, 3.05) is 0 Å². The fraction of sp³-hybridized carbons (Fsp3) is 0.0690. The third-order valence-corrected chi connectivity index (χ3v) is 5.23. The fourth-order valence-corrected chi connectivity index (χ4v) is 3.57. The van der Waals surface area contributed by atoms with E-state index in [1.54, 1.807) is 0 Å². The number of aryl methyl sites for hydroxylation is 1. The number of carbonyl (C=O) groups is 1. The number of nitrogens with one attached hydrogen (secondary N) is 1. The molecule has 0 fully saturated rings. The molecule has 0 aliphatic heterocycles. The zero-order valence-corrected chi connectivity index (χ0v) is 17.6. The lowest BCUT2D eigenvalue weighted by molar-refractivity contribution is 0.105. The average molecular weight is 404 g/mol. The van der Waals surface area contributed by atoms with Crippen LogP contribution in [0.15, 0.2) is 115 Å². The van der Waals surface area contributed by atoms with Gasteiger partial charge in [-0.1, -0.05) is 121 Å². The smallest absolute Gasteiger partial charge is 0.195 e. The van der Waals surface area contributed by atoms with E-state index < -0.39 is 0 Å². The Kier molecular flexibility index (Phi) is 6.39. The molecule has 0 radical (unpaired) electrons. The van der Waals surface area contributed by atoms with Crippen molar-refractivity contribution in [3.05, 3.63) is 143 Å². The van der Waals surface area contributed by atoms with Gasteiger partial charge in [0.05, 0.1) is 11.3 Å². The van der Waals surface area contributed by atoms with Gasteiger partial charge in [-0.05, 0) is 23.6 Å². The second-order valence-electron chi connectivity index (χ2n) is 7.52. The lowest BCUT2D eigenvalue weighted by Crippen LogP contribution is -2.17. The molecular weight excluding hydrogens is 378 g/mol. The summed E-state index contributed by atoms with van der Waals surface area (Å²) >= 11 is 0. The van der Waals surface area contributed by atoms with Gasteiger partial charge in [-0.3, -0.25) is 4.79 Å². The first-order chi connectivity index (χ1) is 15.2. The van der Waals surface area contributed by atoms with Gasteiger partial charge in [0.1, 0.15) is 0 Å². The van der Waals surface area contributed by atoms with Crippen molar-refractivity contribution in [2.45, 2.75) is 13.5 Å². The Labute approximate surface area is 183 Å². The Bertz CT molecular complexity index is 1160. The quantitative estimate of drug-likeness (QED) is 0.216. The van der Waals surface area contributed by atoms with E-state index in [9.17, 15) is 4.79 Å². The molecule has 0 unspecified atom stereocenters. The van der Waals surface area contributed by atoms with Crippen LogP contribution in [-0.2, 0) is 6.54 Å². The molecule has 0 saturated carbocycles. The first kappa shape index (κ1) is 20.4. The average Bonchev–Trinajstić information content (AvgIpc) is 2.84. The minimum absolute atomic E-state index is 0.00272. The van der Waals surface area contributed by atoms with E-state index in [-0.39, 0.29) is 5.78 Å². The Morgan fingerprint density at radius 2 is 1.13 bits per heavy atom. The maximum Gasteiger partial charge on any atom is 0.195 e. The summed E-state index contributed by atoms with van der Waals surface area (Å²) in [6.07, 6.45) is 0. The molecule has 0 atom stereocenters. The minimum atomic E-state index is 0.00272. The molecule has 1 N–H and O–H groups in total. The Hall–Kier alpha value is -3.91. The van der Waals surface area contributed by atoms with Gasteiger partial charge in [-0.25, -0.2) is 0 Å². The van der Waals surface area contributed by atoms with E-state index in [0.717, 1.165) is 22.4 Å². The SMILES string of the molecule is Cc1ccc(/C(NCc2ccccc2)=C(\C(=O)c2ccccc2)c2ccccc2)cc1. The summed E-state index contributed by atoms with van der Waals surface area (Å²) in [6, 6.07) is 37.9. The Morgan fingerprint density at radius 3 is 1.71 bits per heavy atom. The van der Waals surface area contributed by atoms with Crippen LogP contribution in [0.3, 0.4) is 0 Å². The first-order valence-corrected chi connectivity index (χ1v) is 10.5. The molecular formula is C29H25NO. The highest BCUT2D eigenvalue weighted by atomic mass is 16.1. The number of allylic oxidation sites excluding steroid dienone is 1. The highest BCUT2D eigenvalue weighted by Gasteiger charge is 2.20. The summed E-state index contributed by atoms with van der Waals surface area (Å²) in [6.45, 7) is 2.69. The number of carbonyl (C=O) groups excluding carboxylic acids is 1. The largest absolute Gasteiger partial charge is 0.380 e. The number of rotatable bonds is 7. The zero-order chi connectivity index (χ0) is 21.5. The summed E-state index contributed by atoms with van der Waals surface area (Å²) in [5, 5.41) is 3.58. The van der Waals surface area contributed by atoms with Crippen molar-refractivity contribution < 1.29 is 4.79 Å². The van der Waals surface area contributed by atoms with Crippen LogP contribution >= 0.6 is 0 Å². The van der Waals surface area contributed by atoms with Crippen LogP contribution in [0, 0.1) is 6.92 Å². The van der Waals surface area contributed by atoms with E-state index in [2.05, 4.69) is 48.6 Å². The molecule has 4 rings (SSSR count). The van der Waals surface area contributed by atoms with Gasteiger partial charge in [-0.15, -0.1) is 0 Å². The van der Waals surface area contributed by atoms with Crippen LogP contribution in [0.1, 0.15) is 32.6 Å². The van der Waals surface area contributed by atoms with Crippen molar-refractivity contribution >= 4 is 17.1 Å². The van der Waals surface area contributed by atoms with Gasteiger partial charge in [0.2, 0.25) is 0 Å². The number of hydrogen-bond donors (Lipinski definition) is 1. The molecule has 0 aromatic heterocycles. The molecule has 0 amide bonds. The molecule has 0 aliphatic carbocycles. The van der Waals surface area contributed by atoms with Gasteiger partial charge < -0.3 is 5.32 Å². The molecule has 0 saturated heterocycles. The van der Waals surface area contributed by atoms with Crippen LogP contribution < -0.4 is 5.32 Å². The first-order valence-electron chi connectivity index (χ1n) is 10.5. The van der Waals surface area contributed by atoms with E-state index >= 15 is 0 Å². The summed E-state index contributed by atoms with van der Waals surface area (Å²) in [5.41, 5.74) is 6.41. The standard InChI is InChI=1S/C29H25NO/c1-22-17-19-25(20-18-22)28(30-21-23-11-5-2-6-12-23)27(24-13-7-3-8-14-24)29(31)26-15-9-4-10-16-26/h2-20,30H,21H2,1H3/b28-27+. The van der Waals surface area contributed by atoms with E-state index in [1.807, 2.05) is 78.9 Å². The van der Waals surface area contributed by atoms with Crippen molar-refractivity contribution in [3.8, 4) is 0 Å². The van der Waals surface area contributed by atoms with E-state index in [0.29, 0.717) is 17.7 Å². The normalized spacial score (nSPS) is 11.5. The summed E-state index contributed by atoms with van der Waals surface area (Å²) in [4.78, 5) is 13.7. The molecule has 2 heteroatoms. The highest BCUT2D eigenvalue weighted by molar-refractivity contribution is 6.34. The van der Waals surface area contributed by atoms with Crippen molar-refractivity contribution in [1.29, 1.82) is 0 Å². The number of ketones is 1. The van der Waals surface area contributed by atoms with Crippen LogP contribution in [0.2, 0.25) is 0 Å². The van der Waals surface area contributed by atoms with E-state index in [1.165, 1.54) is 5.56 Å². The summed E-state index contributed by atoms with van der Waals surface area (Å²) < 4.78 is 0. The highest BCUT2D eigenvalue weighted by Crippen LogP contribution is 2.29. The second-order valence-corrected chi connectivity index (χ2v) is 7.52. The predicted molar refractivity (Wildman–Crippen MR) is 128 cm³/mol. The van der Waals surface area contributed by atoms with Gasteiger partial charge in [0.15, 0.2) is 5.78 Å². The van der Waals surface area contributed by atoms with Gasteiger partial charge in [0.25, 0.3) is 0 Å². The van der Waals surface area contributed by atoms with E-state index in [4.69, 9.17) is 0 Å². The lowest BCUT2D eigenvalue weighted by atomic mass is 9.92. The molecule has 0 spiro atoms. The van der Waals surface area contributed by atoms with Crippen LogP contribution in [0.4, 0.5) is 0 Å². The maximum atomic E-state index is 13.7. The molecule has 0 bridgehead atoms. The van der Waals surface area contributed by atoms with Gasteiger partial charge in [0, 0.05) is 12.1 Å². The summed E-state index contributed by atoms with van der Waals surface area (Å²) in [5.74, 6) is 0.00272. The molecule has 2 nitrogen and oxygen atoms in total. The number of benzene rings is 4. The topological polar surface area (TPSA) is 29.1 Å². The number of hydrogen-bond acceptors (Lipinski definition) is 2. The number of Topliss-reactive ketones (excluding diaryl/α,β-unsaturated/α-hetero) is 1. The molecule has 0 aliphatic rings. The third-order valence-electron chi connectivity index (χ3n) is 5.23. The van der Waals surface area contributed by atoms with Gasteiger partial charge >= 0.3 is 0 Å². The maximum absolute atomic E-state index is 13.7. The molecule has 4 aromatic carbocycles. The fourth-order valence-electron chi connectivity index (χ4n) is 3.57. The third kappa shape index (κ3) is 4.99. The molecule has 0 heterocycles. The Morgan fingerprint density at radius 1 is 0.613 bits per heavy atom. The van der Waals surface area contributed by atoms with Crippen molar-refractivity contribution in [2.24, 2.45) is 0 Å². The van der Waals surface area contributed by atoms with Crippen molar-refractivity contribution in [1.82, 2.24) is 5.32 Å². The lowest BCUT2D eigenvalue weighted by Gasteiger charge is -2.18.